The molecular weight excluding hydrogens is 332 g/mol. The zero-order chi connectivity index (χ0) is 16.8. The summed E-state index contributed by atoms with van der Waals surface area (Å²) in [5.74, 6) is 1.44. The Kier molecular flexibility index (Phi) is 3.08. The van der Waals surface area contributed by atoms with Gasteiger partial charge in [-0.05, 0) is 24.3 Å². The number of nitrogens with zero attached hydrogens (tertiary/aromatic N) is 2. The molecule has 0 unspecified atom stereocenters. The molecule has 2 aromatic carbocycles. The molecule has 0 fully saturated rings. The average molecular weight is 344 g/mol. The number of hydrogen-bond donors (Lipinski definition) is 0. The number of thiazole rings is 1. The van der Waals surface area contributed by atoms with Crippen LogP contribution in [-0.2, 0) is 0 Å². The number of aromatic nitrogens is 2. The number of para-hydroxylation sites is 2. The minimum Gasteiger partial charge on any atom is -0.457 e. The fourth-order valence-electron chi connectivity index (χ4n) is 2.93. The molecule has 0 amide bonds. The molecule has 0 radical (unpaired) electrons. The number of benzene rings is 2. The predicted molar refractivity (Wildman–Crippen MR) is 99.8 cm³/mol. The molecule has 0 aliphatic carbocycles. The van der Waals surface area contributed by atoms with Crippen molar-refractivity contribution in [3.63, 3.8) is 0 Å². The van der Waals surface area contributed by atoms with Crippen LogP contribution in [0.4, 0.5) is 0 Å². The summed E-state index contributed by atoms with van der Waals surface area (Å²) in [6, 6.07) is 21.3. The number of imidazole rings is 1. The lowest BCUT2D eigenvalue weighted by molar-refractivity contribution is 0.571. The van der Waals surface area contributed by atoms with Gasteiger partial charge in [-0.3, -0.25) is 4.79 Å². The van der Waals surface area contributed by atoms with Crippen molar-refractivity contribution in [3.8, 4) is 11.3 Å². The lowest BCUT2D eigenvalue weighted by Crippen LogP contribution is -2.22. The third-order valence-electron chi connectivity index (χ3n) is 4.10. The Labute approximate surface area is 146 Å². The summed E-state index contributed by atoms with van der Waals surface area (Å²) in [6.07, 6.45) is 1.78. The van der Waals surface area contributed by atoms with E-state index in [0.717, 1.165) is 22.4 Å². The van der Waals surface area contributed by atoms with E-state index in [-0.39, 0.29) is 5.56 Å². The first kappa shape index (κ1) is 14.2. The van der Waals surface area contributed by atoms with E-state index in [1.54, 1.807) is 10.5 Å². The molecule has 4 nitrogen and oxygen atoms in total. The Morgan fingerprint density at radius 2 is 1.76 bits per heavy atom. The zero-order valence-corrected chi connectivity index (χ0v) is 13.9. The second-order valence-electron chi connectivity index (χ2n) is 5.70. The minimum absolute atomic E-state index is 0.0636. The molecule has 0 spiro atoms. The first-order chi connectivity index (χ1) is 12.3. The highest BCUT2D eigenvalue weighted by molar-refractivity contribution is 7.15. The van der Waals surface area contributed by atoms with E-state index in [1.807, 2.05) is 66.7 Å². The fourth-order valence-corrected chi connectivity index (χ4v) is 3.90. The molecule has 25 heavy (non-hydrogen) atoms. The summed E-state index contributed by atoms with van der Waals surface area (Å²) >= 11 is 1.37. The van der Waals surface area contributed by atoms with Crippen molar-refractivity contribution >= 4 is 33.4 Å². The van der Waals surface area contributed by atoms with E-state index in [0.29, 0.717) is 15.3 Å². The summed E-state index contributed by atoms with van der Waals surface area (Å²) in [5.41, 5.74) is 2.62. The van der Waals surface area contributed by atoms with Crippen LogP contribution < -0.4 is 10.1 Å². The van der Waals surface area contributed by atoms with Gasteiger partial charge in [0.2, 0.25) is 0 Å². The molecule has 120 valence electrons. The van der Waals surface area contributed by atoms with Crippen molar-refractivity contribution < 1.29 is 4.42 Å². The van der Waals surface area contributed by atoms with E-state index in [9.17, 15) is 4.79 Å². The van der Waals surface area contributed by atoms with Crippen molar-refractivity contribution in [2.24, 2.45) is 0 Å². The molecule has 5 heteroatoms. The van der Waals surface area contributed by atoms with Crippen LogP contribution >= 0.6 is 11.3 Å². The van der Waals surface area contributed by atoms with E-state index in [4.69, 9.17) is 4.42 Å². The molecule has 0 bridgehead atoms. The number of rotatable bonds is 2. The first-order valence-corrected chi connectivity index (χ1v) is 8.68. The van der Waals surface area contributed by atoms with E-state index in [2.05, 4.69) is 4.98 Å². The van der Waals surface area contributed by atoms with Crippen LogP contribution in [0.1, 0.15) is 5.76 Å². The van der Waals surface area contributed by atoms with Crippen LogP contribution in [0, 0.1) is 0 Å². The summed E-state index contributed by atoms with van der Waals surface area (Å²) in [6.45, 7) is 0. The summed E-state index contributed by atoms with van der Waals surface area (Å²) in [4.78, 5) is 18.0. The average Bonchev–Trinajstić information content (AvgIpc) is 3.32. The van der Waals surface area contributed by atoms with Crippen molar-refractivity contribution in [2.75, 3.05) is 0 Å². The van der Waals surface area contributed by atoms with Crippen molar-refractivity contribution in [1.29, 1.82) is 0 Å². The van der Waals surface area contributed by atoms with Gasteiger partial charge >= 0.3 is 0 Å². The molecule has 0 saturated carbocycles. The van der Waals surface area contributed by atoms with Crippen LogP contribution in [-0.4, -0.2) is 9.38 Å². The first-order valence-electron chi connectivity index (χ1n) is 7.86. The maximum absolute atomic E-state index is 12.7. The highest BCUT2D eigenvalue weighted by Crippen LogP contribution is 2.22. The Morgan fingerprint density at radius 3 is 2.64 bits per heavy atom. The van der Waals surface area contributed by atoms with Crippen molar-refractivity contribution in [1.82, 2.24) is 9.38 Å². The van der Waals surface area contributed by atoms with Crippen molar-refractivity contribution in [3.05, 3.63) is 87.4 Å². The largest absolute Gasteiger partial charge is 0.457 e. The fraction of sp³-hybridized carbons (Fsp3) is 0. The van der Waals surface area contributed by atoms with Gasteiger partial charge in [0, 0.05) is 11.6 Å². The Hall–Kier alpha value is -3.18. The topological polar surface area (TPSA) is 47.5 Å². The Morgan fingerprint density at radius 1 is 0.960 bits per heavy atom. The molecule has 0 saturated heterocycles. The molecule has 0 aliphatic heterocycles. The Balaban J connectivity index is 1.65. The van der Waals surface area contributed by atoms with E-state index in [1.165, 1.54) is 11.3 Å². The van der Waals surface area contributed by atoms with E-state index < -0.39 is 0 Å². The highest BCUT2D eigenvalue weighted by atomic mass is 32.1. The number of furan rings is 1. The summed E-state index contributed by atoms with van der Waals surface area (Å²) < 4.78 is 8.14. The predicted octanol–water partition coefficient (Wildman–Crippen LogP) is 3.72. The van der Waals surface area contributed by atoms with Gasteiger partial charge in [0.15, 0.2) is 4.96 Å². The monoisotopic (exact) mass is 344 g/mol. The maximum Gasteiger partial charge on any atom is 0.275 e. The summed E-state index contributed by atoms with van der Waals surface area (Å²) in [7, 11) is 0. The normalized spacial score (nSPS) is 12.4. The third kappa shape index (κ3) is 2.28. The van der Waals surface area contributed by atoms with Gasteiger partial charge in [-0.15, -0.1) is 0 Å². The van der Waals surface area contributed by atoms with Gasteiger partial charge in [-0.25, -0.2) is 9.38 Å². The quantitative estimate of drug-likeness (QED) is 0.490. The molecule has 3 aromatic heterocycles. The molecule has 0 atom stereocenters. The van der Waals surface area contributed by atoms with Crippen LogP contribution in [0.5, 0.6) is 0 Å². The second kappa shape index (κ2) is 5.43. The summed E-state index contributed by atoms with van der Waals surface area (Å²) in [5, 5.41) is 0. The molecule has 0 aliphatic rings. The minimum atomic E-state index is -0.0636. The van der Waals surface area contributed by atoms with Crippen LogP contribution in [0.2, 0.25) is 0 Å². The van der Waals surface area contributed by atoms with Gasteiger partial charge in [0.25, 0.3) is 5.56 Å². The lowest BCUT2D eigenvalue weighted by atomic mass is 10.2. The number of hydrogen-bond acceptors (Lipinski definition) is 4. The third-order valence-corrected chi connectivity index (χ3v) is 5.07. The second-order valence-corrected chi connectivity index (χ2v) is 6.71. The number of fused-ring (bicyclic) bond motifs is 3. The van der Waals surface area contributed by atoms with Crippen LogP contribution in [0.3, 0.4) is 0 Å². The van der Waals surface area contributed by atoms with Gasteiger partial charge in [-0.1, -0.05) is 53.8 Å². The molecular formula is C20H12N2O2S. The van der Waals surface area contributed by atoms with E-state index >= 15 is 0 Å². The highest BCUT2D eigenvalue weighted by Gasteiger charge is 2.11. The van der Waals surface area contributed by atoms with Gasteiger partial charge < -0.3 is 4.42 Å². The smallest absolute Gasteiger partial charge is 0.275 e. The maximum atomic E-state index is 12.7. The SMILES string of the molecule is O=c1/c(=C/c2ccc(-c3ccccc3)o2)sc2nc3ccccc3n12. The van der Waals surface area contributed by atoms with Crippen LogP contribution in [0.15, 0.2) is 75.9 Å². The standard InChI is InChI=1S/C20H12N2O2S/c23-19-18(25-20-21-15-8-4-5-9-16(15)22(19)20)12-14-10-11-17(24-14)13-6-2-1-3-7-13/h1-12H/b18-12-. The van der Waals surface area contributed by atoms with Gasteiger partial charge in [0.05, 0.1) is 11.0 Å². The van der Waals surface area contributed by atoms with Crippen LogP contribution in [0.25, 0.3) is 33.4 Å². The zero-order valence-electron chi connectivity index (χ0n) is 13.0. The van der Waals surface area contributed by atoms with Crippen molar-refractivity contribution in [2.45, 2.75) is 0 Å². The molecule has 0 N–H and O–H groups in total. The molecule has 3 heterocycles. The Bertz CT molecular complexity index is 1310. The molecule has 5 aromatic rings. The molecule has 5 rings (SSSR count). The van der Waals surface area contributed by atoms with Gasteiger partial charge in [0.1, 0.15) is 16.1 Å². The van der Waals surface area contributed by atoms with Gasteiger partial charge in [-0.2, -0.15) is 0 Å². The lowest BCUT2D eigenvalue weighted by Gasteiger charge is -1.94.